The fourth-order valence-electron chi connectivity index (χ4n) is 3.09. The average molecular weight is 328 g/mol. The molecule has 1 aliphatic rings. The topological polar surface area (TPSA) is 70.9 Å². The van der Waals surface area contributed by atoms with Crippen molar-refractivity contribution < 1.29 is 14.6 Å². The van der Waals surface area contributed by atoms with Gasteiger partial charge in [-0.3, -0.25) is 4.99 Å². The van der Waals surface area contributed by atoms with Crippen molar-refractivity contribution in [2.45, 2.75) is 32.1 Å². The minimum Gasteiger partial charge on any atom is -0.497 e. The highest BCUT2D eigenvalue weighted by molar-refractivity contribution is 5.90. The average Bonchev–Trinajstić information content (AvgIpc) is 2.59. The lowest BCUT2D eigenvalue weighted by atomic mass is 9.82. The summed E-state index contributed by atoms with van der Waals surface area (Å²) in [5.41, 5.74) is 3.47. The van der Waals surface area contributed by atoms with E-state index >= 15 is 0 Å². The second-order valence-corrected chi connectivity index (χ2v) is 5.88. The van der Waals surface area contributed by atoms with E-state index in [9.17, 15) is 9.90 Å². The molecule has 2 N–H and O–H groups in total. The standard InChI is InChI=1S/C19H24N2O3/c1-13(17(19(22)23)9-10-20-2)21-12-15-6-4-5-14-11-16(24-3)7-8-18(14)15/h7-11,15,21H,2,4-6,12H2,1,3H3,(H,22,23)/b10-9-,17-13-/t15-/m1/s1. The quantitative estimate of drug-likeness (QED) is 0.458. The van der Waals surface area contributed by atoms with Crippen LogP contribution in [0.2, 0.25) is 0 Å². The van der Waals surface area contributed by atoms with Gasteiger partial charge in [0.15, 0.2) is 0 Å². The lowest BCUT2D eigenvalue weighted by Gasteiger charge is -2.27. The zero-order valence-corrected chi connectivity index (χ0v) is 14.2. The van der Waals surface area contributed by atoms with E-state index in [1.165, 1.54) is 23.4 Å². The molecule has 0 radical (unpaired) electrons. The number of allylic oxidation sites excluding steroid dienone is 1. The first-order valence-corrected chi connectivity index (χ1v) is 8.04. The van der Waals surface area contributed by atoms with E-state index < -0.39 is 5.97 Å². The number of fused-ring (bicyclic) bond motifs is 1. The predicted molar refractivity (Wildman–Crippen MR) is 95.7 cm³/mol. The van der Waals surface area contributed by atoms with Gasteiger partial charge in [-0.2, -0.15) is 0 Å². The molecule has 0 amide bonds. The van der Waals surface area contributed by atoms with Crippen LogP contribution in [0.25, 0.3) is 0 Å². The van der Waals surface area contributed by atoms with Crippen LogP contribution in [-0.4, -0.2) is 31.4 Å². The number of aliphatic carboxylic acids is 1. The minimum atomic E-state index is -0.978. The Hall–Kier alpha value is -2.56. The molecule has 24 heavy (non-hydrogen) atoms. The van der Waals surface area contributed by atoms with Crippen LogP contribution in [0.4, 0.5) is 0 Å². The molecule has 128 valence electrons. The Kier molecular flexibility index (Phi) is 6.18. The number of carbonyl (C=O) groups is 1. The molecule has 5 heteroatoms. The van der Waals surface area contributed by atoms with Crippen LogP contribution in [0.15, 0.2) is 46.7 Å². The van der Waals surface area contributed by atoms with Crippen molar-refractivity contribution in [1.82, 2.24) is 5.32 Å². The van der Waals surface area contributed by atoms with Gasteiger partial charge in [-0.05, 0) is 62.2 Å². The van der Waals surface area contributed by atoms with Gasteiger partial charge in [0.2, 0.25) is 0 Å². The number of nitrogens with zero attached hydrogens (tertiary/aromatic N) is 1. The fourth-order valence-corrected chi connectivity index (χ4v) is 3.09. The van der Waals surface area contributed by atoms with Gasteiger partial charge in [0.05, 0.1) is 12.7 Å². The number of benzene rings is 1. The highest BCUT2D eigenvalue weighted by Gasteiger charge is 2.21. The van der Waals surface area contributed by atoms with Crippen LogP contribution in [-0.2, 0) is 11.2 Å². The van der Waals surface area contributed by atoms with Crippen LogP contribution < -0.4 is 10.1 Å². The van der Waals surface area contributed by atoms with Crippen LogP contribution in [0.5, 0.6) is 5.75 Å². The Bertz CT molecular complexity index is 677. The van der Waals surface area contributed by atoms with Crippen molar-refractivity contribution in [3.05, 3.63) is 52.9 Å². The van der Waals surface area contributed by atoms with Gasteiger partial charge in [0.1, 0.15) is 5.75 Å². The van der Waals surface area contributed by atoms with Gasteiger partial charge < -0.3 is 15.2 Å². The SMILES string of the molecule is C=N/C=C\C(C(=O)O)=C(/C)NC[C@H]1CCCc2cc(OC)ccc21. The maximum absolute atomic E-state index is 11.3. The van der Waals surface area contributed by atoms with Gasteiger partial charge in [0.25, 0.3) is 0 Å². The maximum atomic E-state index is 11.3. The molecule has 0 bridgehead atoms. The molecular weight excluding hydrogens is 304 g/mol. The van der Waals surface area contributed by atoms with Crippen LogP contribution >= 0.6 is 0 Å². The van der Waals surface area contributed by atoms with Crippen molar-refractivity contribution in [2.75, 3.05) is 13.7 Å². The van der Waals surface area contributed by atoms with E-state index in [0.717, 1.165) is 25.0 Å². The Morgan fingerprint density at radius 3 is 3.00 bits per heavy atom. The van der Waals surface area contributed by atoms with Crippen LogP contribution in [0.1, 0.15) is 36.8 Å². The number of nitrogens with one attached hydrogen (secondary N) is 1. The molecular formula is C19H24N2O3. The number of ether oxygens (including phenoxy) is 1. The molecule has 1 aromatic rings. The molecule has 1 aliphatic carbocycles. The zero-order chi connectivity index (χ0) is 17.5. The molecule has 1 aromatic carbocycles. The number of aliphatic imine (C=N–C) groups is 1. The first kappa shape index (κ1) is 17.8. The van der Waals surface area contributed by atoms with E-state index in [1.807, 2.05) is 6.07 Å². The van der Waals surface area contributed by atoms with Crippen molar-refractivity contribution in [3.8, 4) is 5.75 Å². The number of carboxylic acids is 1. The summed E-state index contributed by atoms with van der Waals surface area (Å²) in [4.78, 5) is 14.9. The summed E-state index contributed by atoms with van der Waals surface area (Å²) in [6.45, 7) is 5.81. The number of hydrogen-bond donors (Lipinski definition) is 2. The van der Waals surface area contributed by atoms with Gasteiger partial charge >= 0.3 is 5.97 Å². The third-order valence-corrected chi connectivity index (χ3v) is 4.38. The monoisotopic (exact) mass is 328 g/mol. The third-order valence-electron chi connectivity index (χ3n) is 4.38. The normalized spacial score (nSPS) is 17.8. The molecule has 0 unspecified atom stereocenters. The molecule has 0 spiro atoms. The molecule has 0 heterocycles. The summed E-state index contributed by atoms with van der Waals surface area (Å²) in [5.74, 6) is 0.272. The molecule has 1 atom stereocenters. The van der Waals surface area contributed by atoms with Crippen LogP contribution in [0.3, 0.4) is 0 Å². The van der Waals surface area contributed by atoms with Crippen molar-refractivity contribution in [3.63, 3.8) is 0 Å². The molecule has 0 fully saturated rings. The molecule has 5 nitrogen and oxygen atoms in total. The highest BCUT2D eigenvalue weighted by atomic mass is 16.5. The summed E-state index contributed by atoms with van der Waals surface area (Å²) >= 11 is 0. The van der Waals surface area contributed by atoms with Gasteiger partial charge in [-0.1, -0.05) is 6.07 Å². The van der Waals surface area contributed by atoms with Crippen LogP contribution in [0, 0.1) is 0 Å². The molecule has 0 saturated heterocycles. The molecule has 0 saturated carbocycles. The van der Waals surface area contributed by atoms with E-state index in [2.05, 4.69) is 29.2 Å². The Balaban J connectivity index is 2.14. The molecule has 0 aromatic heterocycles. The third kappa shape index (κ3) is 4.25. The number of aryl methyl sites for hydroxylation is 1. The molecule has 0 aliphatic heterocycles. The first-order chi connectivity index (χ1) is 11.6. The number of carboxylic acid groups (broad SMARTS) is 1. The Labute approximate surface area is 142 Å². The second kappa shape index (κ2) is 8.34. The summed E-state index contributed by atoms with van der Waals surface area (Å²) in [6.07, 6.45) is 6.12. The van der Waals surface area contributed by atoms with Gasteiger partial charge in [-0.15, -0.1) is 0 Å². The van der Waals surface area contributed by atoms with E-state index in [4.69, 9.17) is 4.74 Å². The summed E-state index contributed by atoms with van der Waals surface area (Å²) in [7, 11) is 1.68. The summed E-state index contributed by atoms with van der Waals surface area (Å²) in [6, 6.07) is 6.21. The Morgan fingerprint density at radius 1 is 1.54 bits per heavy atom. The summed E-state index contributed by atoms with van der Waals surface area (Å²) < 4.78 is 5.30. The van der Waals surface area contributed by atoms with Crippen molar-refractivity contribution in [1.29, 1.82) is 0 Å². The number of methoxy groups -OCH3 is 1. The van der Waals surface area contributed by atoms with Crippen molar-refractivity contribution >= 4 is 12.7 Å². The minimum absolute atomic E-state index is 0.202. The lowest BCUT2D eigenvalue weighted by molar-refractivity contribution is -0.132. The summed E-state index contributed by atoms with van der Waals surface area (Å²) in [5, 5.41) is 12.6. The van der Waals surface area contributed by atoms with E-state index in [-0.39, 0.29) is 5.57 Å². The number of rotatable bonds is 7. The number of hydrogen-bond acceptors (Lipinski definition) is 4. The van der Waals surface area contributed by atoms with Crippen molar-refractivity contribution in [2.24, 2.45) is 4.99 Å². The maximum Gasteiger partial charge on any atom is 0.337 e. The fraction of sp³-hybridized carbons (Fsp3) is 0.368. The van der Waals surface area contributed by atoms with Gasteiger partial charge in [0, 0.05) is 24.4 Å². The Morgan fingerprint density at radius 2 is 2.33 bits per heavy atom. The smallest absolute Gasteiger partial charge is 0.337 e. The van der Waals surface area contributed by atoms with E-state index in [1.54, 1.807) is 14.0 Å². The van der Waals surface area contributed by atoms with Gasteiger partial charge in [-0.25, -0.2) is 4.79 Å². The zero-order valence-electron chi connectivity index (χ0n) is 14.2. The predicted octanol–water partition coefficient (Wildman–Crippen LogP) is 3.28. The molecule has 2 rings (SSSR count). The largest absolute Gasteiger partial charge is 0.497 e. The first-order valence-electron chi connectivity index (χ1n) is 8.04. The second-order valence-electron chi connectivity index (χ2n) is 5.88. The highest BCUT2D eigenvalue weighted by Crippen LogP contribution is 2.33. The van der Waals surface area contributed by atoms with E-state index in [0.29, 0.717) is 18.2 Å². The lowest BCUT2D eigenvalue weighted by Crippen LogP contribution is -2.25.